The smallest absolute Gasteiger partial charge is 0.220 e. The monoisotopic (exact) mass is 1130 g/mol. The first-order valence-corrected chi connectivity index (χ1v) is 32.2. The lowest BCUT2D eigenvalue weighted by atomic mass is 9.97. The zero-order valence-electron chi connectivity index (χ0n) is 50.1. The summed E-state index contributed by atoms with van der Waals surface area (Å²) in [6.45, 7) is 2.76. The number of aliphatic hydroxyl groups is 8. The van der Waals surface area contributed by atoms with Crippen LogP contribution in [0.1, 0.15) is 245 Å². The fourth-order valence-corrected chi connectivity index (χ4v) is 10.2. The predicted octanol–water partition coefficient (Wildman–Crippen LogP) is 11.9. The van der Waals surface area contributed by atoms with Crippen LogP contribution in [0.15, 0.2) is 72.9 Å². The van der Waals surface area contributed by atoms with E-state index in [4.69, 9.17) is 18.9 Å². The molecule has 12 atom stereocenters. The maximum atomic E-state index is 13.3. The average molecular weight is 1130 g/mol. The molecule has 1 amide bonds. The Morgan fingerprint density at radius 3 is 1.31 bits per heavy atom. The molecule has 0 aromatic heterocycles. The number of allylic oxidation sites excluding steroid dienone is 11. The van der Waals surface area contributed by atoms with Crippen LogP contribution < -0.4 is 5.32 Å². The van der Waals surface area contributed by atoms with Gasteiger partial charge in [0.1, 0.15) is 48.8 Å². The number of hydrogen-bond donors (Lipinski definition) is 9. The van der Waals surface area contributed by atoms with Crippen molar-refractivity contribution in [1.29, 1.82) is 0 Å². The molecule has 9 N–H and O–H groups in total. The fraction of sp³-hybridized carbons (Fsp3) is 0.803. The van der Waals surface area contributed by atoms with Crippen LogP contribution in [-0.4, -0.2) is 140 Å². The molecule has 14 heteroatoms. The fourth-order valence-electron chi connectivity index (χ4n) is 10.2. The van der Waals surface area contributed by atoms with Crippen LogP contribution in [0.5, 0.6) is 0 Å². The van der Waals surface area contributed by atoms with Crippen molar-refractivity contribution in [2.75, 3.05) is 19.8 Å². The van der Waals surface area contributed by atoms with Crippen LogP contribution in [0.4, 0.5) is 0 Å². The maximum Gasteiger partial charge on any atom is 0.220 e. The number of nitrogens with one attached hydrogen (secondary N) is 1. The number of hydrogen-bond acceptors (Lipinski definition) is 13. The summed E-state index contributed by atoms with van der Waals surface area (Å²) in [5.41, 5.74) is 0. The largest absolute Gasteiger partial charge is 0.394 e. The Hall–Kier alpha value is -2.57. The van der Waals surface area contributed by atoms with Gasteiger partial charge in [-0.15, -0.1) is 0 Å². The molecule has 2 heterocycles. The van der Waals surface area contributed by atoms with Gasteiger partial charge in [0.15, 0.2) is 12.6 Å². The van der Waals surface area contributed by atoms with Crippen molar-refractivity contribution >= 4 is 5.91 Å². The Bertz CT molecular complexity index is 1620. The van der Waals surface area contributed by atoms with Crippen LogP contribution in [0.3, 0.4) is 0 Å². The average Bonchev–Trinajstić information content (AvgIpc) is 3.46. The third-order valence-corrected chi connectivity index (χ3v) is 15.3. The van der Waals surface area contributed by atoms with Crippen molar-refractivity contribution in [3.05, 3.63) is 72.9 Å². The second-order valence-corrected chi connectivity index (χ2v) is 22.5. The standard InChI is InChI=1S/C66H117NO13/c1-3-5-7-9-11-13-15-17-19-21-22-23-24-25-26-27-28-29-30-31-32-34-36-38-40-42-44-46-48-50-58(71)67-54(55(70)49-47-45-43-41-39-37-35-33-20-18-16-14-12-10-8-6-4-2)53-77-65-63(76)61(74)64(57(52-69)79-65)80-66-62(75)60(73)59(72)56(51-68)78-66/h15,17,20-22,24-25,33,39,41,47,49,54-57,59-66,68-70,72-76H,3-14,16,18-19,23,26-32,34-38,40,42-46,48,50-53H2,1-2H3,(H,67,71)/b17-15-,22-21-,25-24-,33-20+,41-39+,49-47+. The normalized spacial score (nSPS) is 24.7. The molecule has 2 fully saturated rings. The Balaban J connectivity index is 1.71. The molecule has 2 rings (SSSR count). The highest BCUT2D eigenvalue weighted by molar-refractivity contribution is 5.76. The summed E-state index contributed by atoms with van der Waals surface area (Å²) in [4.78, 5) is 13.3. The minimum absolute atomic E-state index is 0.255. The topological polar surface area (TPSA) is 228 Å². The summed E-state index contributed by atoms with van der Waals surface area (Å²) < 4.78 is 22.8. The van der Waals surface area contributed by atoms with Gasteiger partial charge in [0, 0.05) is 6.42 Å². The first-order valence-electron chi connectivity index (χ1n) is 32.2. The quantitative estimate of drug-likeness (QED) is 0.0204. The number of rotatable bonds is 51. The molecule has 0 aromatic rings. The molecule has 0 aromatic carbocycles. The highest BCUT2D eigenvalue weighted by atomic mass is 16.7. The Labute approximate surface area is 485 Å². The highest BCUT2D eigenvalue weighted by Crippen LogP contribution is 2.30. The third kappa shape index (κ3) is 35.5. The van der Waals surface area contributed by atoms with E-state index in [0.717, 1.165) is 57.8 Å². The van der Waals surface area contributed by atoms with E-state index in [9.17, 15) is 45.6 Å². The van der Waals surface area contributed by atoms with E-state index in [2.05, 4.69) is 79.9 Å². The van der Waals surface area contributed by atoms with E-state index in [1.54, 1.807) is 6.08 Å². The minimum Gasteiger partial charge on any atom is -0.394 e. The van der Waals surface area contributed by atoms with Gasteiger partial charge in [-0.3, -0.25) is 4.79 Å². The van der Waals surface area contributed by atoms with E-state index < -0.39 is 86.8 Å². The SMILES string of the molecule is CCCCCCC/C=C\C/C=C\C/C=C\CCCCCCCCCCCCCCCCC(=O)NC(COC1OC(CO)C(OC2OC(CO)C(O)C(O)C2O)C(O)C1O)C(O)/C=C/CC/C=C/CC/C=C/CCCCCCCCC. The molecule has 0 radical (unpaired) electrons. The lowest BCUT2D eigenvalue weighted by Crippen LogP contribution is -2.65. The lowest BCUT2D eigenvalue weighted by Gasteiger charge is -2.46. The summed E-state index contributed by atoms with van der Waals surface area (Å²) >= 11 is 0. The first kappa shape index (κ1) is 73.5. The Morgan fingerprint density at radius 1 is 0.450 bits per heavy atom. The summed E-state index contributed by atoms with van der Waals surface area (Å²) in [6.07, 6.45) is 50.9. The molecule has 0 spiro atoms. The van der Waals surface area contributed by atoms with Crippen molar-refractivity contribution in [2.24, 2.45) is 0 Å². The van der Waals surface area contributed by atoms with Gasteiger partial charge in [0.05, 0.1) is 32.0 Å². The molecule has 14 nitrogen and oxygen atoms in total. The van der Waals surface area contributed by atoms with Gasteiger partial charge in [-0.2, -0.15) is 0 Å². The summed E-state index contributed by atoms with van der Waals surface area (Å²) in [7, 11) is 0. The van der Waals surface area contributed by atoms with Gasteiger partial charge in [0.2, 0.25) is 5.91 Å². The van der Waals surface area contributed by atoms with Gasteiger partial charge in [-0.1, -0.05) is 228 Å². The predicted molar refractivity (Wildman–Crippen MR) is 323 cm³/mol. The molecule has 2 saturated heterocycles. The summed E-state index contributed by atoms with van der Waals surface area (Å²) in [5, 5.41) is 87.2. The van der Waals surface area contributed by atoms with Gasteiger partial charge >= 0.3 is 0 Å². The van der Waals surface area contributed by atoms with E-state index >= 15 is 0 Å². The maximum absolute atomic E-state index is 13.3. The van der Waals surface area contributed by atoms with Crippen molar-refractivity contribution in [3.63, 3.8) is 0 Å². The van der Waals surface area contributed by atoms with Gasteiger partial charge in [-0.05, 0) is 83.5 Å². The molecule has 80 heavy (non-hydrogen) atoms. The van der Waals surface area contributed by atoms with Crippen molar-refractivity contribution in [2.45, 2.75) is 319 Å². The van der Waals surface area contributed by atoms with E-state index in [1.165, 1.54) is 154 Å². The molecule has 0 bridgehead atoms. The second kappa shape index (κ2) is 50.9. The number of unbranched alkanes of at least 4 members (excludes halogenated alkanes) is 28. The van der Waals surface area contributed by atoms with Crippen LogP contribution in [0, 0.1) is 0 Å². The molecule has 0 aliphatic carbocycles. The van der Waals surface area contributed by atoms with Crippen molar-refractivity contribution in [3.8, 4) is 0 Å². The lowest BCUT2D eigenvalue weighted by molar-refractivity contribution is -0.359. The number of amides is 1. The number of carbonyl (C=O) groups excluding carboxylic acids is 1. The molecule has 2 aliphatic heterocycles. The van der Waals surface area contributed by atoms with Gasteiger partial charge in [0.25, 0.3) is 0 Å². The molecule has 0 saturated carbocycles. The molecule has 12 unspecified atom stereocenters. The highest BCUT2D eigenvalue weighted by Gasteiger charge is 2.51. The number of carbonyl (C=O) groups is 1. The van der Waals surface area contributed by atoms with Crippen LogP contribution in [-0.2, 0) is 23.7 Å². The molecular weight excluding hydrogens is 1010 g/mol. The van der Waals surface area contributed by atoms with Crippen LogP contribution >= 0.6 is 0 Å². The van der Waals surface area contributed by atoms with Crippen molar-refractivity contribution < 1.29 is 64.6 Å². The number of aliphatic hydroxyl groups excluding tert-OH is 8. The summed E-state index contributed by atoms with van der Waals surface area (Å²) in [6, 6.07) is -0.941. The molecule has 2 aliphatic rings. The van der Waals surface area contributed by atoms with Gasteiger partial charge in [-0.25, -0.2) is 0 Å². The minimum atomic E-state index is -1.79. The van der Waals surface area contributed by atoms with E-state index in [0.29, 0.717) is 12.8 Å². The third-order valence-electron chi connectivity index (χ3n) is 15.3. The zero-order chi connectivity index (χ0) is 58.1. The molecular formula is C66H117NO13. The van der Waals surface area contributed by atoms with Gasteiger partial charge < -0.3 is 65.1 Å². The Kier molecular flexibility index (Phi) is 46.8. The van der Waals surface area contributed by atoms with E-state index in [1.807, 2.05) is 6.08 Å². The second-order valence-electron chi connectivity index (χ2n) is 22.5. The number of ether oxygens (including phenoxy) is 4. The summed E-state index contributed by atoms with van der Waals surface area (Å²) in [5.74, 6) is -0.255. The van der Waals surface area contributed by atoms with Crippen LogP contribution in [0.25, 0.3) is 0 Å². The van der Waals surface area contributed by atoms with E-state index in [-0.39, 0.29) is 18.9 Å². The zero-order valence-corrected chi connectivity index (χ0v) is 50.1. The van der Waals surface area contributed by atoms with Crippen LogP contribution in [0.2, 0.25) is 0 Å². The first-order chi connectivity index (χ1) is 39.1. The Morgan fingerprint density at radius 2 is 0.838 bits per heavy atom. The molecule has 464 valence electrons. The van der Waals surface area contributed by atoms with Crippen molar-refractivity contribution in [1.82, 2.24) is 5.32 Å².